The Morgan fingerprint density at radius 2 is 1.97 bits per heavy atom. The molecule has 0 bridgehead atoms. The van der Waals surface area contributed by atoms with Crippen LogP contribution in [0.5, 0.6) is 5.75 Å². The fourth-order valence-corrected chi connectivity index (χ4v) is 4.01. The summed E-state index contributed by atoms with van der Waals surface area (Å²) < 4.78 is 8.63. The molecule has 0 aliphatic carbocycles. The summed E-state index contributed by atoms with van der Waals surface area (Å²) in [5, 5.41) is 27.1. The maximum atomic E-state index is 11.1. The third-order valence-corrected chi connectivity index (χ3v) is 5.90. The second-order valence-corrected chi connectivity index (χ2v) is 8.13. The molecule has 0 fully saturated rings. The highest BCUT2D eigenvalue weighted by molar-refractivity contribution is 7.99. The molecule has 0 saturated carbocycles. The van der Waals surface area contributed by atoms with Crippen LogP contribution in [0.4, 0.5) is 11.8 Å². The Labute approximate surface area is 191 Å². The number of ether oxygens (including phenoxy) is 1. The van der Waals surface area contributed by atoms with Crippen molar-refractivity contribution >= 4 is 29.2 Å². The number of thioether (sulfide) groups is 1. The molecule has 0 aliphatic rings. The molecule has 3 aromatic heterocycles. The van der Waals surface area contributed by atoms with E-state index in [0.29, 0.717) is 35.3 Å². The number of aromatic nitrogens is 5. The highest BCUT2D eigenvalue weighted by Crippen LogP contribution is 2.24. The monoisotopic (exact) mass is 469 g/mol. The van der Waals surface area contributed by atoms with Crippen molar-refractivity contribution in [2.24, 2.45) is 0 Å². The Hall–Kier alpha value is -4.00. The van der Waals surface area contributed by atoms with Gasteiger partial charge in [-0.2, -0.15) is 0 Å². The Bertz CT molecular complexity index is 1320. The van der Waals surface area contributed by atoms with E-state index in [2.05, 4.69) is 15.1 Å². The summed E-state index contributed by atoms with van der Waals surface area (Å²) in [6.45, 7) is 2.71. The van der Waals surface area contributed by atoms with Gasteiger partial charge in [0.25, 0.3) is 0 Å². The van der Waals surface area contributed by atoms with Gasteiger partial charge in [0.15, 0.2) is 0 Å². The summed E-state index contributed by atoms with van der Waals surface area (Å²) in [6, 6.07) is 9.09. The minimum absolute atomic E-state index is 0.174. The summed E-state index contributed by atoms with van der Waals surface area (Å²) in [6.07, 6.45) is 4.90. The molecule has 4 aromatic rings. The average Bonchev–Trinajstić information content (AvgIpc) is 3.42. The summed E-state index contributed by atoms with van der Waals surface area (Å²) >= 11 is 1.47. The molecule has 13 heteroatoms. The van der Waals surface area contributed by atoms with Crippen LogP contribution in [0.25, 0.3) is 5.65 Å². The lowest BCUT2D eigenvalue weighted by atomic mass is 10.1. The van der Waals surface area contributed by atoms with Gasteiger partial charge in [-0.15, -0.1) is 11.8 Å². The van der Waals surface area contributed by atoms with Gasteiger partial charge in [-0.3, -0.25) is 0 Å². The van der Waals surface area contributed by atoms with Crippen LogP contribution in [0.1, 0.15) is 17.5 Å². The zero-order chi connectivity index (χ0) is 23.4. The number of rotatable bonds is 10. The molecular weight excluding hydrogens is 450 g/mol. The molecule has 1 aromatic carbocycles. The maximum absolute atomic E-state index is 11.1. The van der Waals surface area contributed by atoms with Gasteiger partial charge in [0, 0.05) is 11.8 Å². The summed E-state index contributed by atoms with van der Waals surface area (Å²) in [5.74, 6) is 1.05. The SMILES string of the molecule is Cc1c(Cn2ccnc2[N+](=O)[O-])cccc1OCCCSc1ccc2ncc([N+](=O)[O-])n2n1. The molecule has 0 aliphatic heterocycles. The molecule has 0 spiro atoms. The molecule has 0 unspecified atom stereocenters. The highest BCUT2D eigenvalue weighted by Gasteiger charge is 2.17. The van der Waals surface area contributed by atoms with Crippen LogP contribution >= 0.6 is 11.8 Å². The van der Waals surface area contributed by atoms with Crippen LogP contribution in [0.15, 0.2) is 53.9 Å². The Morgan fingerprint density at radius 3 is 2.76 bits per heavy atom. The van der Waals surface area contributed by atoms with E-state index in [-0.39, 0.29) is 11.8 Å². The molecule has 0 radical (unpaired) electrons. The molecule has 4 rings (SSSR count). The summed E-state index contributed by atoms with van der Waals surface area (Å²) in [7, 11) is 0. The Kier molecular flexibility index (Phi) is 6.49. The number of hydrogen-bond acceptors (Lipinski definition) is 9. The number of nitro groups is 2. The third kappa shape index (κ3) is 4.92. The molecule has 0 N–H and O–H groups in total. The van der Waals surface area contributed by atoms with Crippen molar-refractivity contribution < 1.29 is 14.6 Å². The second-order valence-electron chi connectivity index (χ2n) is 7.02. The van der Waals surface area contributed by atoms with Crippen LogP contribution in [0, 0.1) is 27.2 Å². The number of hydrogen-bond donors (Lipinski definition) is 0. The Morgan fingerprint density at radius 1 is 1.12 bits per heavy atom. The van der Waals surface area contributed by atoms with E-state index in [4.69, 9.17) is 4.74 Å². The molecule has 12 nitrogen and oxygen atoms in total. The average molecular weight is 469 g/mol. The summed E-state index contributed by atoms with van der Waals surface area (Å²) in [5.41, 5.74) is 2.24. The first-order valence-electron chi connectivity index (χ1n) is 9.93. The molecule has 170 valence electrons. The largest absolute Gasteiger partial charge is 0.493 e. The molecule has 0 atom stereocenters. The van der Waals surface area contributed by atoms with Crippen LogP contribution < -0.4 is 4.74 Å². The van der Waals surface area contributed by atoms with Crippen molar-refractivity contribution in [3.05, 3.63) is 80.3 Å². The quantitative estimate of drug-likeness (QED) is 0.147. The van der Waals surface area contributed by atoms with Crippen molar-refractivity contribution in [1.29, 1.82) is 0 Å². The number of imidazole rings is 2. The second kappa shape index (κ2) is 9.65. The van der Waals surface area contributed by atoms with Gasteiger partial charge in [-0.05, 0) is 46.5 Å². The van der Waals surface area contributed by atoms with E-state index in [1.54, 1.807) is 18.3 Å². The minimum atomic E-state index is -0.517. The fourth-order valence-electron chi connectivity index (χ4n) is 3.23. The standard InChI is InChI=1S/C20H19N7O5S/c1-14-15(13-24-9-8-21-20(24)27(30)31)4-2-5-16(14)32-10-3-11-33-18-7-6-17-22-12-19(26(28)29)25(17)23-18/h2,4-9,12H,3,10-11,13H2,1H3. The van der Waals surface area contributed by atoms with Crippen molar-refractivity contribution in [3.63, 3.8) is 0 Å². The van der Waals surface area contributed by atoms with E-state index in [9.17, 15) is 20.2 Å². The van der Waals surface area contributed by atoms with Crippen LogP contribution in [0.3, 0.4) is 0 Å². The Balaban J connectivity index is 1.32. The third-order valence-electron chi connectivity index (χ3n) is 4.90. The smallest absolute Gasteiger partial charge is 0.434 e. The van der Waals surface area contributed by atoms with Gasteiger partial charge in [-0.1, -0.05) is 26.7 Å². The van der Waals surface area contributed by atoms with E-state index >= 15 is 0 Å². The fraction of sp³-hybridized carbons (Fsp3) is 0.250. The molecule has 33 heavy (non-hydrogen) atoms. The number of nitrogens with zero attached hydrogens (tertiary/aromatic N) is 7. The van der Waals surface area contributed by atoms with Crippen molar-refractivity contribution in [3.8, 4) is 5.75 Å². The van der Waals surface area contributed by atoms with Gasteiger partial charge in [0.1, 0.15) is 29.4 Å². The first kappa shape index (κ1) is 22.2. The van der Waals surface area contributed by atoms with Crippen molar-refractivity contribution in [2.75, 3.05) is 12.4 Å². The van der Waals surface area contributed by atoms with Crippen LogP contribution in [-0.2, 0) is 6.54 Å². The van der Waals surface area contributed by atoms with Gasteiger partial charge in [-0.25, -0.2) is 9.55 Å². The van der Waals surface area contributed by atoms with E-state index in [1.807, 2.05) is 25.1 Å². The predicted octanol–water partition coefficient (Wildman–Crippen LogP) is 3.66. The number of benzene rings is 1. The van der Waals surface area contributed by atoms with Gasteiger partial charge >= 0.3 is 11.8 Å². The topological polar surface area (TPSA) is 144 Å². The lowest BCUT2D eigenvalue weighted by molar-refractivity contribution is -0.396. The van der Waals surface area contributed by atoms with E-state index < -0.39 is 9.85 Å². The van der Waals surface area contributed by atoms with E-state index in [1.165, 1.54) is 33.2 Å². The van der Waals surface area contributed by atoms with Gasteiger partial charge < -0.3 is 25.0 Å². The molecular formula is C20H19N7O5S. The normalized spacial score (nSPS) is 11.1. The van der Waals surface area contributed by atoms with Gasteiger partial charge in [0.05, 0.1) is 13.2 Å². The lowest BCUT2D eigenvalue weighted by Gasteiger charge is -2.12. The van der Waals surface area contributed by atoms with Gasteiger partial charge in [0.2, 0.25) is 5.65 Å². The lowest BCUT2D eigenvalue weighted by Crippen LogP contribution is -2.07. The summed E-state index contributed by atoms with van der Waals surface area (Å²) in [4.78, 5) is 28.9. The first-order chi connectivity index (χ1) is 15.9. The highest BCUT2D eigenvalue weighted by atomic mass is 32.2. The molecule has 0 saturated heterocycles. The molecule has 0 amide bonds. The van der Waals surface area contributed by atoms with E-state index in [0.717, 1.165) is 17.5 Å². The van der Waals surface area contributed by atoms with Crippen molar-refractivity contribution in [2.45, 2.75) is 24.9 Å². The predicted molar refractivity (Wildman–Crippen MR) is 120 cm³/mol. The van der Waals surface area contributed by atoms with Crippen molar-refractivity contribution in [1.82, 2.24) is 24.1 Å². The zero-order valence-electron chi connectivity index (χ0n) is 17.5. The first-order valence-corrected chi connectivity index (χ1v) is 10.9. The van der Waals surface area contributed by atoms with Crippen LogP contribution in [-0.4, -0.2) is 46.4 Å². The number of fused-ring (bicyclic) bond motifs is 1. The minimum Gasteiger partial charge on any atom is -0.493 e. The van der Waals surface area contributed by atoms with Crippen LogP contribution in [0.2, 0.25) is 0 Å². The maximum Gasteiger partial charge on any atom is 0.434 e. The zero-order valence-corrected chi connectivity index (χ0v) is 18.3. The molecule has 3 heterocycles.